The lowest BCUT2D eigenvalue weighted by atomic mass is 10.1. The van der Waals surface area contributed by atoms with Crippen LogP contribution in [0.25, 0.3) is 0 Å². The Bertz CT molecular complexity index is 263. The van der Waals surface area contributed by atoms with Crippen molar-refractivity contribution in [1.82, 2.24) is 5.32 Å². The van der Waals surface area contributed by atoms with Gasteiger partial charge >= 0.3 is 0 Å². The summed E-state index contributed by atoms with van der Waals surface area (Å²) in [5.74, 6) is 0. The van der Waals surface area contributed by atoms with Crippen LogP contribution in [0.1, 0.15) is 5.56 Å². The molecular weight excluding hydrogens is 237 g/mol. The van der Waals surface area contributed by atoms with Crippen LogP contribution in [0.15, 0.2) is 22.7 Å². The molecule has 0 bridgehead atoms. The molecule has 0 spiro atoms. The van der Waals surface area contributed by atoms with Crippen LogP contribution in [0.4, 0.5) is 0 Å². The molecule has 0 unspecified atom stereocenters. The van der Waals surface area contributed by atoms with Gasteiger partial charge in [0.15, 0.2) is 0 Å². The Balaban J connectivity index is 2.72. The number of rotatable bonds is 3. The maximum Gasteiger partial charge on any atom is 0.0449 e. The van der Waals surface area contributed by atoms with Crippen LogP contribution in [0.5, 0.6) is 0 Å². The Morgan fingerprint density at radius 1 is 1.50 bits per heavy atom. The second-order valence-corrected chi connectivity index (χ2v) is 3.91. The van der Waals surface area contributed by atoms with E-state index >= 15 is 0 Å². The minimum absolute atomic E-state index is 0.833. The predicted molar refractivity (Wildman–Crippen MR) is 56.8 cm³/mol. The van der Waals surface area contributed by atoms with Crippen molar-refractivity contribution in [1.29, 1.82) is 0 Å². The molecule has 0 saturated carbocycles. The van der Waals surface area contributed by atoms with Crippen molar-refractivity contribution >= 4 is 27.5 Å². The van der Waals surface area contributed by atoms with Crippen LogP contribution in [-0.4, -0.2) is 13.6 Å². The van der Waals surface area contributed by atoms with E-state index in [4.69, 9.17) is 11.6 Å². The smallest absolute Gasteiger partial charge is 0.0449 e. The van der Waals surface area contributed by atoms with Crippen molar-refractivity contribution in [3.05, 3.63) is 33.3 Å². The minimum atomic E-state index is 0.833. The van der Waals surface area contributed by atoms with Gasteiger partial charge in [-0.1, -0.05) is 33.6 Å². The van der Waals surface area contributed by atoms with Crippen molar-refractivity contribution in [3.63, 3.8) is 0 Å². The van der Waals surface area contributed by atoms with E-state index in [1.165, 1.54) is 5.56 Å². The molecule has 3 heteroatoms. The number of nitrogens with one attached hydrogen (secondary N) is 1. The van der Waals surface area contributed by atoms with Gasteiger partial charge in [-0.05, 0) is 37.7 Å². The fourth-order valence-corrected chi connectivity index (χ4v) is 1.75. The van der Waals surface area contributed by atoms with Crippen LogP contribution in [0.3, 0.4) is 0 Å². The topological polar surface area (TPSA) is 12.0 Å². The van der Waals surface area contributed by atoms with Gasteiger partial charge in [-0.2, -0.15) is 0 Å². The van der Waals surface area contributed by atoms with Gasteiger partial charge in [0.1, 0.15) is 0 Å². The van der Waals surface area contributed by atoms with Crippen LogP contribution in [0, 0.1) is 0 Å². The van der Waals surface area contributed by atoms with Crippen LogP contribution in [0.2, 0.25) is 5.02 Å². The van der Waals surface area contributed by atoms with Crippen molar-refractivity contribution in [2.45, 2.75) is 6.42 Å². The fourth-order valence-electron chi connectivity index (χ4n) is 0.984. The summed E-state index contributed by atoms with van der Waals surface area (Å²) in [6.45, 7) is 0.960. The van der Waals surface area contributed by atoms with Gasteiger partial charge in [-0.25, -0.2) is 0 Å². The lowest BCUT2D eigenvalue weighted by Gasteiger charge is -2.03. The van der Waals surface area contributed by atoms with E-state index in [0.29, 0.717) is 0 Å². The quantitative estimate of drug-likeness (QED) is 0.867. The zero-order valence-electron chi connectivity index (χ0n) is 6.90. The first kappa shape index (κ1) is 10.0. The standard InChI is InChI=1S/C9H11BrClN/c1-12-5-4-7-2-3-8(10)6-9(7)11/h2-3,6,12H,4-5H2,1H3. The number of hydrogen-bond acceptors (Lipinski definition) is 1. The van der Waals surface area contributed by atoms with Crippen LogP contribution in [-0.2, 0) is 6.42 Å². The van der Waals surface area contributed by atoms with Crippen molar-refractivity contribution < 1.29 is 0 Å². The summed E-state index contributed by atoms with van der Waals surface area (Å²) in [6.07, 6.45) is 0.975. The highest BCUT2D eigenvalue weighted by Crippen LogP contribution is 2.21. The lowest BCUT2D eigenvalue weighted by molar-refractivity contribution is 0.792. The summed E-state index contributed by atoms with van der Waals surface area (Å²) in [5.41, 5.74) is 1.19. The van der Waals surface area contributed by atoms with E-state index in [1.807, 2.05) is 25.2 Å². The molecule has 0 aliphatic carbocycles. The summed E-state index contributed by atoms with van der Waals surface area (Å²) in [7, 11) is 1.94. The third-order valence-corrected chi connectivity index (χ3v) is 2.50. The van der Waals surface area contributed by atoms with Crippen molar-refractivity contribution in [2.75, 3.05) is 13.6 Å². The normalized spacial score (nSPS) is 10.2. The van der Waals surface area contributed by atoms with E-state index in [9.17, 15) is 0 Å². The summed E-state index contributed by atoms with van der Waals surface area (Å²) < 4.78 is 1.03. The SMILES string of the molecule is CNCCc1ccc(Br)cc1Cl. The Morgan fingerprint density at radius 2 is 2.25 bits per heavy atom. The van der Waals surface area contributed by atoms with Crippen LogP contribution >= 0.6 is 27.5 Å². The molecule has 1 rings (SSSR count). The van der Waals surface area contributed by atoms with E-state index in [1.54, 1.807) is 0 Å². The monoisotopic (exact) mass is 247 g/mol. The van der Waals surface area contributed by atoms with Gasteiger partial charge in [0, 0.05) is 9.50 Å². The molecule has 0 aromatic heterocycles. The second-order valence-electron chi connectivity index (χ2n) is 2.59. The maximum absolute atomic E-state index is 6.01. The van der Waals surface area contributed by atoms with Gasteiger partial charge in [0.25, 0.3) is 0 Å². The average molecular weight is 249 g/mol. The fraction of sp³-hybridized carbons (Fsp3) is 0.333. The molecular formula is C9H11BrClN. The Morgan fingerprint density at radius 3 is 2.83 bits per heavy atom. The Labute approximate surface area is 86.2 Å². The van der Waals surface area contributed by atoms with E-state index in [0.717, 1.165) is 22.5 Å². The second kappa shape index (κ2) is 4.85. The number of benzene rings is 1. The third kappa shape index (κ3) is 2.77. The number of halogens is 2. The summed E-state index contributed by atoms with van der Waals surface area (Å²) in [4.78, 5) is 0. The molecule has 0 aliphatic rings. The largest absolute Gasteiger partial charge is 0.319 e. The van der Waals surface area contributed by atoms with E-state index in [-0.39, 0.29) is 0 Å². The number of likely N-dealkylation sites (N-methyl/N-ethyl adjacent to an activating group) is 1. The highest BCUT2D eigenvalue weighted by molar-refractivity contribution is 9.10. The molecule has 1 N–H and O–H groups in total. The zero-order chi connectivity index (χ0) is 8.97. The number of hydrogen-bond donors (Lipinski definition) is 1. The van der Waals surface area contributed by atoms with Crippen LogP contribution < -0.4 is 5.32 Å². The summed E-state index contributed by atoms with van der Waals surface area (Å²) in [5, 5.41) is 3.92. The molecule has 0 atom stereocenters. The molecule has 0 saturated heterocycles. The van der Waals surface area contributed by atoms with Crippen molar-refractivity contribution in [3.8, 4) is 0 Å². The van der Waals surface area contributed by atoms with E-state index < -0.39 is 0 Å². The molecule has 0 radical (unpaired) electrons. The van der Waals surface area contributed by atoms with E-state index in [2.05, 4.69) is 21.2 Å². The van der Waals surface area contributed by atoms with Gasteiger partial charge in [0.05, 0.1) is 0 Å². The summed E-state index contributed by atoms with van der Waals surface area (Å²) >= 11 is 9.37. The molecule has 0 heterocycles. The molecule has 0 aliphatic heterocycles. The first-order valence-electron chi connectivity index (χ1n) is 3.82. The molecule has 0 fully saturated rings. The van der Waals surface area contributed by atoms with Gasteiger partial charge in [-0.15, -0.1) is 0 Å². The molecule has 1 aromatic rings. The highest BCUT2D eigenvalue weighted by Gasteiger charge is 1.99. The molecule has 0 amide bonds. The summed E-state index contributed by atoms with van der Waals surface area (Å²) in [6, 6.07) is 5.98. The maximum atomic E-state index is 6.01. The molecule has 1 nitrogen and oxygen atoms in total. The average Bonchev–Trinajstić information content (AvgIpc) is 2.03. The lowest BCUT2D eigenvalue weighted by Crippen LogP contribution is -2.10. The molecule has 12 heavy (non-hydrogen) atoms. The van der Waals surface area contributed by atoms with Gasteiger partial charge in [0.2, 0.25) is 0 Å². The highest BCUT2D eigenvalue weighted by atomic mass is 79.9. The third-order valence-electron chi connectivity index (χ3n) is 1.66. The van der Waals surface area contributed by atoms with Gasteiger partial charge < -0.3 is 5.32 Å². The van der Waals surface area contributed by atoms with Crippen molar-refractivity contribution in [2.24, 2.45) is 0 Å². The molecule has 1 aromatic carbocycles. The minimum Gasteiger partial charge on any atom is -0.319 e. The predicted octanol–water partition coefficient (Wildman–Crippen LogP) is 2.86. The Kier molecular flexibility index (Phi) is 4.06. The van der Waals surface area contributed by atoms with Gasteiger partial charge in [-0.3, -0.25) is 0 Å². The zero-order valence-corrected chi connectivity index (χ0v) is 9.24. The Hall–Kier alpha value is -0.0500. The first-order chi connectivity index (χ1) is 5.74. The molecule has 66 valence electrons. The first-order valence-corrected chi connectivity index (χ1v) is 4.99.